The molecule has 31 heavy (non-hydrogen) atoms. The second kappa shape index (κ2) is 9.38. The molecule has 0 fully saturated rings. The molecule has 2 aromatic heterocycles. The maximum absolute atomic E-state index is 13.0. The van der Waals surface area contributed by atoms with E-state index >= 15 is 0 Å². The molecule has 4 rings (SSSR count). The van der Waals surface area contributed by atoms with Crippen LogP contribution in [0, 0.1) is 12.7 Å². The van der Waals surface area contributed by atoms with Crippen molar-refractivity contribution in [1.82, 2.24) is 14.8 Å². The zero-order chi connectivity index (χ0) is 21.3. The first-order valence-corrected chi connectivity index (χ1v) is 9.99. The van der Waals surface area contributed by atoms with Gasteiger partial charge in [-0.05, 0) is 31.0 Å². The van der Waals surface area contributed by atoms with Crippen molar-refractivity contribution in [3.8, 4) is 0 Å². The fourth-order valence-electron chi connectivity index (χ4n) is 3.74. The van der Waals surface area contributed by atoms with E-state index in [9.17, 15) is 9.18 Å². The molecule has 164 valence electrons. The summed E-state index contributed by atoms with van der Waals surface area (Å²) in [6, 6.07) is 8.20. The number of carbonyl (C=O) groups excluding carboxylic acids is 1. The number of likely N-dealkylation sites (N-methyl/N-ethyl adjacent to an activating group) is 1. The number of hydrogen-bond acceptors (Lipinski definition) is 5. The van der Waals surface area contributed by atoms with Crippen LogP contribution in [0.25, 0.3) is 0 Å². The van der Waals surface area contributed by atoms with Crippen LogP contribution < -0.4 is 15.5 Å². The largest absolute Gasteiger partial charge is 0.366 e. The van der Waals surface area contributed by atoms with Crippen LogP contribution in [0.4, 0.5) is 21.6 Å². The molecule has 1 aromatic carbocycles. The fraction of sp³-hybridized carbons (Fsp3) is 0.318. The minimum atomic E-state index is -0.243. The number of hydrogen-bond donors (Lipinski definition) is 2. The normalized spacial score (nSPS) is 15.2. The first-order valence-electron chi connectivity index (χ1n) is 9.99. The summed E-state index contributed by atoms with van der Waals surface area (Å²) in [7, 11) is 1.94. The summed E-state index contributed by atoms with van der Waals surface area (Å²) in [4.78, 5) is 18.9. The average molecular weight is 443 g/mol. The highest BCUT2D eigenvalue weighted by Gasteiger charge is 2.30. The Kier molecular flexibility index (Phi) is 6.84. The highest BCUT2D eigenvalue weighted by Crippen LogP contribution is 2.35. The van der Waals surface area contributed by atoms with Crippen molar-refractivity contribution in [3.05, 3.63) is 65.4 Å². The van der Waals surface area contributed by atoms with Gasteiger partial charge in [-0.3, -0.25) is 9.48 Å². The minimum Gasteiger partial charge on any atom is -0.366 e. The van der Waals surface area contributed by atoms with Crippen molar-refractivity contribution in [3.63, 3.8) is 0 Å². The second-order valence-electron chi connectivity index (χ2n) is 7.54. The molecule has 1 aliphatic heterocycles. The number of nitrogens with one attached hydrogen (secondary N) is 2. The number of fused-ring (bicyclic) bond motifs is 1. The fourth-order valence-corrected chi connectivity index (χ4v) is 3.74. The van der Waals surface area contributed by atoms with E-state index in [1.54, 1.807) is 18.3 Å². The number of aryl methyl sites for hydroxylation is 1. The molecule has 0 saturated heterocycles. The molecule has 0 spiro atoms. The van der Waals surface area contributed by atoms with Gasteiger partial charge in [0, 0.05) is 31.4 Å². The smallest absolute Gasteiger partial charge is 0.247 e. The number of carbonyl (C=O) groups is 1. The number of halogens is 1. The van der Waals surface area contributed by atoms with E-state index in [1.165, 1.54) is 12.1 Å². The molecule has 3 heterocycles. The van der Waals surface area contributed by atoms with Crippen LogP contribution in [0.1, 0.15) is 30.2 Å². The molecule has 7 nitrogen and oxygen atoms in total. The number of aromatic nitrogens is 3. The lowest BCUT2D eigenvalue weighted by Crippen LogP contribution is -2.45. The Bertz CT molecular complexity index is 1070. The van der Waals surface area contributed by atoms with Crippen LogP contribution >= 0.6 is 13.5 Å². The lowest BCUT2D eigenvalue weighted by Gasteiger charge is -2.35. The van der Waals surface area contributed by atoms with Gasteiger partial charge in [0.1, 0.15) is 17.7 Å². The zero-order valence-corrected chi connectivity index (χ0v) is 18.8. The first-order chi connectivity index (χ1) is 14.4. The average Bonchev–Trinajstić information content (AvgIpc) is 3.17. The Labute approximate surface area is 188 Å². The summed E-state index contributed by atoms with van der Waals surface area (Å²) in [6.07, 6.45) is 4.50. The van der Waals surface area contributed by atoms with Gasteiger partial charge in [0.2, 0.25) is 5.91 Å². The lowest BCUT2D eigenvalue weighted by atomic mass is 10.1. The molecular weight excluding hydrogens is 415 g/mol. The van der Waals surface area contributed by atoms with Crippen LogP contribution in [-0.4, -0.2) is 33.8 Å². The van der Waals surface area contributed by atoms with Crippen molar-refractivity contribution in [2.45, 2.75) is 39.4 Å². The van der Waals surface area contributed by atoms with Gasteiger partial charge in [0.25, 0.3) is 0 Å². The molecular formula is C22H27FN6OS. The second-order valence-corrected chi connectivity index (χ2v) is 7.54. The molecule has 1 atom stereocenters. The number of amides is 1. The van der Waals surface area contributed by atoms with Crippen LogP contribution in [0.2, 0.25) is 0 Å². The minimum absolute atomic E-state index is 0. The lowest BCUT2D eigenvalue weighted by molar-refractivity contribution is -0.117. The van der Waals surface area contributed by atoms with Crippen molar-refractivity contribution in [2.24, 2.45) is 0 Å². The highest BCUT2D eigenvalue weighted by atomic mass is 32.1. The van der Waals surface area contributed by atoms with E-state index < -0.39 is 0 Å². The van der Waals surface area contributed by atoms with Gasteiger partial charge in [0.15, 0.2) is 0 Å². The quantitative estimate of drug-likeness (QED) is 0.609. The molecule has 0 saturated carbocycles. The first kappa shape index (κ1) is 22.6. The van der Waals surface area contributed by atoms with Gasteiger partial charge >= 0.3 is 0 Å². The highest BCUT2D eigenvalue weighted by molar-refractivity contribution is 7.59. The van der Waals surface area contributed by atoms with Crippen LogP contribution in [0.15, 0.2) is 42.7 Å². The standard InChI is InChI=1S/C22H25FN6O.H2S/c1-4-18-22(30)27-21-14(2)26-20(9-19(21)28(18)3)24-10-16-11-25-29(13-16)12-15-5-7-17(23)8-6-15;/h5-9,11,13,18H,4,10,12H2,1-3H3,(H,24,26)(H,27,30);1H2/t18-;/m0./s1. The van der Waals surface area contributed by atoms with Crippen molar-refractivity contribution < 1.29 is 9.18 Å². The molecule has 2 N–H and O–H groups in total. The summed E-state index contributed by atoms with van der Waals surface area (Å²) in [5.74, 6) is 0.509. The van der Waals surface area contributed by atoms with E-state index in [-0.39, 0.29) is 31.3 Å². The Morgan fingerprint density at radius 1 is 1.23 bits per heavy atom. The molecule has 1 aliphatic rings. The van der Waals surface area contributed by atoms with Crippen LogP contribution in [0.5, 0.6) is 0 Å². The van der Waals surface area contributed by atoms with Gasteiger partial charge < -0.3 is 15.5 Å². The molecule has 0 bridgehead atoms. The topological polar surface area (TPSA) is 75.1 Å². The van der Waals surface area contributed by atoms with Gasteiger partial charge in [-0.1, -0.05) is 19.1 Å². The summed E-state index contributed by atoms with van der Waals surface area (Å²) in [6.45, 7) is 5.05. The maximum Gasteiger partial charge on any atom is 0.247 e. The number of anilines is 3. The van der Waals surface area contributed by atoms with Crippen molar-refractivity contribution in [2.75, 3.05) is 22.6 Å². The molecule has 0 radical (unpaired) electrons. The molecule has 1 amide bonds. The van der Waals surface area contributed by atoms with E-state index in [0.717, 1.165) is 40.4 Å². The van der Waals surface area contributed by atoms with Crippen molar-refractivity contribution >= 4 is 36.6 Å². The third-order valence-electron chi connectivity index (χ3n) is 5.38. The van der Waals surface area contributed by atoms with E-state index in [1.807, 2.05) is 42.7 Å². The van der Waals surface area contributed by atoms with Gasteiger partial charge in [-0.25, -0.2) is 9.37 Å². The monoisotopic (exact) mass is 442 g/mol. The molecule has 3 aromatic rings. The number of rotatable bonds is 6. The predicted molar refractivity (Wildman–Crippen MR) is 126 cm³/mol. The van der Waals surface area contributed by atoms with E-state index in [0.29, 0.717) is 13.1 Å². The molecule has 9 heteroatoms. The molecule has 0 unspecified atom stereocenters. The van der Waals surface area contributed by atoms with Gasteiger partial charge in [0.05, 0.1) is 29.8 Å². The summed E-state index contributed by atoms with van der Waals surface area (Å²) in [5, 5.41) is 10.7. The third kappa shape index (κ3) is 4.82. The maximum atomic E-state index is 13.0. The summed E-state index contributed by atoms with van der Waals surface area (Å²) in [5.41, 5.74) is 4.51. The van der Waals surface area contributed by atoms with Gasteiger partial charge in [-0.2, -0.15) is 18.6 Å². The predicted octanol–water partition coefficient (Wildman–Crippen LogP) is 3.67. The van der Waals surface area contributed by atoms with Crippen LogP contribution in [0.3, 0.4) is 0 Å². The van der Waals surface area contributed by atoms with E-state index in [4.69, 9.17) is 0 Å². The number of benzene rings is 1. The van der Waals surface area contributed by atoms with Crippen LogP contribution in [-0.2, 0) is 17.9 Å². The van der Waals surface area contributed by atoms with Crippen molar-refractivity contribution in [1.29, 1.82) is 0 Å². The van der Waals surface area contributed by atoms with Gasteiger partial charge in [-0.15, -0.1) is 0 Å². The number of nitrogens with zero attached hydrogens (tertiary/aromatic N) is 4. The van der Waals surface area contributed by atoms with E-state index in [2.05, 4.69) is 20.7 Å². The summed E-state index contributed by atoms with van der Waals surface area (Å²) >= 11 is 0. The summed E-state index contributed by atoms with van der Waals surface area (Å²) < 4.78 is 14.9. The SMILES string of the molecule is CC[C@H]1C(=O)Nc2c(cc(NCc3cnn(Cc4ccc(F)cc4)c3)nc2C)N1C.S. The Balaban J connectivity index is 0.00000272. The Morgan fingerprint density at radius 3 is 2.68 bits per heavy atom. The molecule has 0 aliphatic carbocycles. The number of pyridine rings is 1. The Morgan fingerprint density at radius 2 is 1.97 bits per heavy atom. The zero-order valence-electron chi connectivity index (χ0n) is 17.8. The Hall–Kier alpha value is -3.07. The third-order valence-corrected chi connectivity index (χ3v) is 5.38.